The first-order valence-electron chi connectivity index (χ1n) is 8.56. The second-order valence-electron chi connectivity index (χ2n) is 6.18. The summed E-state index contributed by atoms with van der Waals surface area (Å²) in [6.07, 6.45) is 2.96. The zero-order valence-corrected chi connectivity index (χ0v) is 14.5. The van der Waals surface area contributed by atoms with Crippen LogP contribution < -0.4 is 15.5 Å². The largest absolute Gasteiger partial charge is 0.467 e. The van der Waals surface area contributed by atoms with Crippen molar-refractivity contribution in [3.05, 3.63) is 54.0 Å². The molecule has 0 aliphatic carbocycles. The molecule has 26 heavy (non-hydrogen) atoms. The second-order valence-corrected chi connectivity index (χ2v) is 6.18. The lowest BCUT2D eigenvalue weighted by Gasteiger charge is -2.16. The lowest BCUT2D eigenvalue weighted by Crippen LogP contribution is -2.37. The van der Waals surface area contributed by atoms with Crippen LogP contribution in [0.4, 0.5) is 5.69 Å². The van der Waals surface area contributed by atoms with E-state index in [4.69, 9.17) is 4.42 Å². The van der Waals surface area contributed by atoms with E-state index in [0.717, 1.165) is 12.1 Å². The van der Waals surface area contributed by atoms with Gasteiger partial charge in [-0.1, -0.05) is 0 Å². The second kappa shape index (κ2) is 7.86. The summed E-state index contributed by atoms with van der Waals surface area (Å²) in [5.41, 5.74) is 1.22. The van der Waals surface area contributed by atoms with E-state index in [1.54, 1.807) is 54.5 Å². The standard InChI is InChI=1S/C19H21N3O4/c1-13(16-4-3-11-26-16)21-17(23)12-20-19(25)14-6-8-15(9-7-14)22-10-2-5-18(22)24/h3-4,6-9,11,13H,2,5,10,12H2,1H3,(H,20,25)(H,21,23)/t13-/m0/s1. The van der Waals surface area contributed by atoms with E-state index in [9.17, 15) is 14.4 Å². The number of rotatable bonds is 6. The Bertz CT molecular complexity index is 784. The number of benzene rings is 1. The summed E-state index contributed by atoms with van der Waals surface area (Å²) in [6.45, 7) is 2.38. The molecule has 0 radical (unpaired) electrons. The molecule has 1 aromatic carbocycles. The molecule has 1 aliphatic heterocycles. The van der Waals surface area contributed by atoms with Crippen LogP contribution in [0.2, 0.25) is 0 Å². The topological polar surface area (TPSA) is 91.7 Å². The van der Waals surface area contributed by atoms with E-state index in [1.807, 2.05) is 0 Å². The number of furan rings is 1. The minimum absolute atomic E-state index is 0.101. The first-order chi connectivity index (χ1) is 12.5. The molecule has 1 aliphatic rings. The molecule has 136 valence electrons. The maximum Gasteiger partial charge on any atom is 0.251 e. The number of anilines is 1. The van der Waals surface area contributed by atoms with Gasteiger partial charge in [0.2, 0.25) is 11.8 Å². The summed E-state index contributed by atoms with van der Waals surface area (Å²) in [5, 5.41) is 5.33. The Hall–Kier alpha value is -3.09. The molecule has 0 spiro atoms. The number of amides is 3. The Balaban J connectivity index is 1.50. The molecule has 3 amide bonds. The van der Waals surface area contributed by atoms with Crippen molar-refractivity contribution in [1.29, 1.82) is 0 Å². The zero-order valence-electron chi connectivity index (χ0n) is 14.5. The van der Waals surface area contributed by atoms with Gasteiger partial charge in [-0.15, -0.1) is 0 Å². The molecule has 7 nitrogen and oxygen atoms in total. The average Bonchev–Trinajstić information content (AvgIpc) is 3.31. The predicted octanol–water partition coefficient (Wildman–Crippen LogP) is 2.01. The molecular weight excluding hydrogens is 334 g/mol. The summed E-state index contributed by atoms with van der Waals surface area (Å²) in [7, 11) is 0. The quantitative estimate of drug-likeness (QED) is 0.829. The van der Waals surface area contributed by atoms with Crippen molar-refractivity contribution in [3.8, 4) is 0 Å². The molecule has 1 atom stereocenters. The van der Waals surface area contributed by atoms with Gasteiger partial charge in [-0.25, -0.2) is 0 Å². The van der Waals surface area contributed by atoms with E-state index in [2.05, 4.69) is 10.6 Å². The molecule has 0 unspecified atom stereocenters. The Morgan fingerprint density at radius 3 is 2.62 bits per heavy atom. The van der Waals surface area contributed by atoms with Gasteiger partial charge in [0.25, 0.3) is 5.91 Å². The van der Waals surface area contributed by atoms with Gasteiger partial charge in [-0.2, -0.15) is 0 Å². The van der Waals surface area contributed by atoms with Crippen molar-refractivity contribution >= 4 is 23.4 Å². The van der Waals surface area contributed by atoms with Crippen molar-refractivity contribution < 1.29 is 18.8 Å². The van der Waals surface area contributed by atoms with Crippen molar-refractivity contribution in [2.75, 3.05) is 18.0 Å². The fraction of sp³-hybridized carbons (Fsp3) is 0.316. The van der Waals surface area contributed by atoms with Crippen LogP contribution in [0.1, 0.15) is 41.9 Å². The van der Waals surface area contributed by atoms with Gasteiger partial charge in [0, 0.05) is 24.2 Å². The van der Waals surface area contributed by atoms with Crippen LogP contribution in [0.15, 0.2) is 47.1 Å². The highest BCUT2D eigenvalue weighted by atomic mass is 16.3. The Kier molecular flexibility index (Phi) is 5.36. The van der Waals surface area contributed by atoms with Crippen LogP contribution >= 0.6 is 0 Å². The number of nitrogens with one attached hydrogen (secondary N) is 2. The number of hydrogen-bond acceptors (Lipinski definition) is 4. The van der Waals surface area contributed by atoms with E-state index in [-0.39, 0.29) is 30.3 Å². The van der Waals surface area contributed by atoms with Gasteiger partial charge in [-0.05, 0) is 49.7 Å². The summed E-state index contributed by atoms with van der Waals surface area (Å²) >= 11 is 0. The molecule has 1 aromatic heterocycles. The minimum Gasteiger partial charge on any atom is -0.467 e. The van der Waals surface area contributed by atoms with E-state index in [1.165, 1.54) is 0 Å². The normalized spacial score (nSPS) is 15.0. The zero-order chi connectivity index (χ0) is 18.5. The van der Waals surface area contributed by atoms with Gasteiger partial charge in [0.1, 0.15) is 5.76 Å². The van der Waals surface area contributed by atoms with E-state index < -0.39 is 0 Å². The predicted molar refractivity (Wildman–Crippen MR) is 95.6 cm³/mol. The van der Waals surface area contributed by atoms with E-state index >= 15 is 0 Å². The highest BCUT2D eigenvalue weighted by Crippen LogP contribution is 2.21. The van der Waals surface area contributed by atoms with Crippen molar-refractivity contribution in [1.82, 2.24) is 10.6 Å². The third-order valence-corrected chi connectivity index (χ3v) is 4.27. The first kappa shape index (κ1) is 17.7. The molecule has 1 fully saturated rings. The fourth-order valence-electron chi connectivity index (χ4n) is 2.88. The molecule has 3 rings (SSSR count). The number of nitrogens with zero attached hydrogens (tertiary/aromatic N) is 1. The number of hydrogen-bond donors (Lipinski definition) is 2. The maximum absolute atomic E-state index is 12.2. The van der Waals surface area contributed by atoms with Gasteiger partial charge in [0.15, 0.2) is 0 Å². The number of carbonyl (C=O) groups is 3. The lowest BCUT2D eigenvalue weighted by molar-refractivity contribution is -0.121. The van der Waals surface area contributed by atoms with Gasteiger partial charge >= 0.3 is 0 Å². The van der Waals surface area contributed by atoms with Gasteiger partial charge in [-0.3, -0.25) is 14.4 Å². The summed E-state index contributed by atoms with van der Waals surface area (Å²) in [6, 6.07) is 10.1. The fourth-order valence-corrected chi connectivity index (χ4v) is 2.88. The van der Waals surface area contributed by atoms with Crippen LogP contribution in [0.3, 0.4) is 0 Å². The lowest BCUT2D eigenvalue weighted by atomic mass is 10.2. The molecule has 1 saturated heterocycles. The van der Waals surface area contributed by atoms with Crippen molar-refractivity contribution in [2.45, 2.75) is 25.8 Å². The van der Waals surface area contributed by atoms with Crippen molar-refractivity contribution in [2.24, 2.45) is 0 Å². The van der Waals surface area contributed by atoms with Gasteiger partial charge in [0.05, 0.1) is 18.8 Å². The van der Waals surface area contributed by atoms with Crippen LogP contribution in [-0.4, -0.2) is 30.8 Å². The average molecular weight is 355 g/mol. The third-order valence-electron chi connectivity index (χ3n) is 4.27. The third kappa shape index (κ3) is 4.11. The molecule has 7 heteroatoms. The Labute approximate surface area is 151 Å². The van der Waals surface area contributed by atoms with Crippen LogP contribution in [0.5, 0.6) is 0 Å². The highest BCUT2D eigenvalue weighted by molar-refractivity contribution is 5.98. The van der Waals surface area contributed by atoms with Crippen LogP contribution in [-0.2, 0) is 9.59 Å². The maximum atomic E-state index is 12.2. The molecule has 2 aromatic rings. The van der Waals surface area contributed by atoms with Crippen molar-refractivity contribution in [3.63, 3.8) is 0 Å². The Morgan fingerprint density at radius 2 is 2.00 bits per heavy atom. The van der Waals surface area contributed by atoms with Crippen LogP contribution in [0.25, 0.3) is 0 Å². The first-order valence-corrected chi connectivity index (χ1v) is 8.56. The SMILES string of the molecule is C[C@H](NC(=O)CNC(=O)c1ccc(N2CCCC2=O)cc1)c1ccco1. The highest BCUT2D eigenvalue weighted by Gasteiger charge is 2.21. The van der Waals surface area contributed by atoms with Crippen LogP contribution in [0, 0.1) is 0 Å². The minimum atomic E-state index is -0.342. The van der Waals surface area contributed by atoms with Gasteiger partial charge < -0.3 is 20.0 Å². The number of carbonyl (C=O) groups excluding carboxylic acids is 3. The molecule has 2 heterocycles. The summed E-state index contributed by atoms with van der Waals surface area (Å²) in [5.74, 6) is 0.105. The molecular formula is C19H21N3O4. The summed E-state index contributed by atoms with van der Waals surface area (Å²) in [4.78, 5) is 37.6. The Morgan fingerprint density at radius 1 is 1.23 bits per heavy atom. The molecule has 0 saturated carbocycles. The smallest absolute Gasteiger partial charge is 0.251 e. The molecule has 2 N–H and O–H groups in total. The summed E-state index contributed by atoms with van der Waals surface area (Å²) < 4.78 is 5.22. The molecule has 0 bridgehead atoms. The van der Waals surface area contributed by atoms with E-state index in [0.29, 0.717) is 24.3 Å². The monoisotopic (exact) mass is 355 g/mol.